The molecule has 0 aliphatic carbocycles. The summed E-state index contributed by atoms with van der Waals surface area (Å²) in [5.41, 5.74) is 3.14. The number of amides is 2. The minimum Gasteiger partial charge on any atom is -0.490 e. The van der Waals surface area contributed by atoms with Gasteiger partial charge in [0.2, 0.25) is 11.8 Å². The van der Waals surface area contributed by atoms with E-state index in [9.17, 15) is 9.59 Å². The van der Waals surface area contributed by atoms with Crippen molar-refractivity contribution in [3.63, 3.8) is 0 Å². The first-order valence-electron chi connectivity index (χ1n) is 9.48. The van der Waals surface area contributed by atoms with E-state index in [0.29, 0.717) is 19.7 Å². The molecule has 27 heavy (non-hydrogen) atoms. The molecule has 1 aliphatic heterocycles. The van der Waals surface area contributed by atoms with Crippen LogP contribution in [0.3, 0.4) is 0 Å². The molecule has 142 valence electrons. The highest BCUT2D eigenvalue weighted by atomic mass is 16.5. The monoisotopic (exact) mass is 366 g/mol. The second-order valence-electron chi connectivity index (χ2n) is 6.80. The van der Waals surface area contributed by atoms with Crippen molar-refractivity contribution >= 4 is 17.5 Å². The lowest BCUT2D eigenvalue weighted by Crippen LogP contribution is -2.38. The van der Waals surface area contributed by atoms with Gasteiger partial charge >= 0.3 is 0 Å². The summed E-state index contributed by atoms with van der Waals surface area (Å²) in [6.07, 6.45) is 2.24. The third-order valence-corrected chi connectivity index (χ3v) is 4.65. The van der Waals surface area contributed by atoms with E-state index >= 15 is 0 Å². The quantitative estimate of drug-likeness (QED) is 0.765. The zero-order valence-electron chi connectivity index (χ0n) is 15.7. The predicted octanol–water partition coefficient (Wildman–Crippen LogP) is 3.25. The van der Waals surface area contributed by atoms with Crippen LogP contribution in [-0.2, 0) is 16.0 Å². The van der Waals surface area contributed by atoms with Crippen LogP contribution in [0.1, 0.15) is 30.4 Å². The average molecular weight is 366 g/mol. The molecule has 2 aromatic carbocycles. The number of carbonyl (C=O) groups is 2. The number of fused-ring (bicyclic) bond motifs is 1. The van der Waals surface area contributed by atoms with Crippen LogP contribution in [0, 0.1) is 6.92 Å². The van der Waals surface area contributed by atoms with E-state index in [2.05, 4.69) is 17.4 Å². The predicted molar refractivity (Wildman–Crippen MR) is 106 cm³/mol. The highest BCUT2D eigenvalue weighted by molar-refractivity contribution is 5.97. The number of nitrogens with one attached hydrogen (secondary N) is 1. The van der Waals surface area contributed by atoms with Crippen molar-refractivity contribution < 1.29 is 14.3 Å². The van der Waals surface area contributed by atoms with Crippen LogP contribution in [0.2, 0.25) is 0 Å². The number of anilines is 1. The summed E-state index contributed by atoms with van der Waals surface area (Å²) in [6.45, 7) is 3.61. The number of hydrogen-bond donors (Lipinski definition) is 1. The molecule has 2 aromatic rings. The molecule has 1 N–H and O–H groups in total. The largest absolute Gasteiger partial charge is 0.490 e. The van der Waals surface area contributed by atoms with Crippen molar-refractivity contribution in [3.05, 3.63) is 59.7 Å². The normalized spacial score (nSPS) is 12.9. The molecule has 0 radical (unpaired) electrons. The number of benzene rings is 2. The summed E-state index contributed by atoms with van der Waals surface area (Å²) in [5.74, 6) is 0.615. The third-order valence-electron chi connectivity index (χ3n) is 4.65. The minimum absolute atomic E-state index is 0.0374. The van der Waals surface area contributed by atoms with E-state index in [4.69, 9.17) is 4.74 Å². The van der Waals surface area contributed by atoms with Crippen molar-refractivity contribution in [2.24, 2.45) is 0 Å². The molecular weight excluding hydrogens is 340 g/mol. The topological polar surface area (TPSA) is 58.6 Å². The van der Waals surface area contributed by atoms with E-state index < -0.39 is 0 Å². The Labute approximate surface area is 160 Å². The smallest absolute Gasteiger partial charge is 0.227 e. The minimum atomic E-state index is -0.0749. The lowest BCUT2D eigenvalue weighted by atomic mass is 10.1. The van der Waals surface area contributed by atoms with Gasteiger partial charge in [0.05, 0.1) is 12.2 Å². The van der Waals surface area contributed by atoms with Crippen LogP contribution in [0.15, 0.2) is 48.5 Å². The second-order valence-corrected chi connectivity index (χ2v) is 6.80. The molecule has 1 heterocycles. The number of nitrogens with zero attached hydrogens (tertiary/aromatic N) is 1. The van der Waals surface area contributed by atoms with Gasteiger partial charge in [-0.1, -0.05) is 36.4 Å². The molecule has 0 spiro atoms. The molecule has 5 nitrogen and oxygen atoms in total. The molecule has 5 heteroatoms. The highest BCUT2D eigenvalue weighted by Crippen LogP contribution is 2.32. The van der Waals surface area contributed by atoms with E-state index in [1.807, 2.05) is 43.3 Å². The van der Waals surface area contributed by atoms with Gasteiger partial charge in [-0.05, 0) is 43.0 Å². The number of carbonyl (C=O) groups excluding carboxylic acids is 2. The Morgan fingerprint density at radius 1 is 1.11 bits per heavy atom. The van der Waals surface area contributed by atoms with Gasteiger partial charge in [-0.25, -0.2) is 0 Å². The average Bonchev–Trinajstić information content (AvgIpc) is 2.69. The maximum Gasteiger partial charge on any atom is 0.227 e. The van der Waals surface area contributed by atoms with Gasteiger partial charge in [-0.15, -0.1) is 0 Å². The van der Waals surface area contributed by atoms with Gasteiger partial charge in [-0.2, -0.15) is 0 Å². The van der Waals surface area contributed by atoms with Crippen LogP contribution in [-0.4, -0.2) is 31.5 Å². The summed E-state index contributed by atoms with van der Waals surface area (Å²) in [4.78, 5) is 26.3. The maximum atomic E-state index is 12.6. The Morgan fingerprint density at radius 3 is 2.74 bits per heavy atom. The van der Waals surface area contributed by atoms with Gasteiger partial charge in [0.15, 0.2) is 0 Å². The first kappa shape index (κ1) is 19.0. The summed E-state index contributed by atoms with van der Waals surface area (Å²) in [6, 6.07) is 16.0. The van der Waals surface area contributed by atoms with E-state index in [-0.39, 0.29) is 24.7 Å². The highest BCUT2D eigenvalue weighted by Gasteiger charge is 2.23. The fraction of sp³-hybridized carbons (Fsp3) is 0.364. The molecular formula is C22H26N2O3. The van der Waals surface area contributed by atoms with Crippen molar-refractivity contribution in [1.82, 2.24) is 5.32 Å². The van der Waals surface area contributed by atoms with Crippen LogP contribution in [0.25, 0.3) is 0 Å². The van der Waals surface area contributed by atoms with Gasteiger partial charge in [0.1, 0.15) is 12.4 Å². The molecule has 0 aromatic heterocycles. The lowest BCUT2D eigenvalue weighted by Gasteiger charge is -2.29. The Balaban J connectivity index is 1.41. The summed E-state index contributed by atoms with van der Waals surface area (Å²) in [5, 5.41) is 2.91. The fourth-order valence-electron chi connectivity index (χ4n) is 3.20. The van der Waals surface area contributed by atoms with Crippen LogP contribution < -0.4 is 15.0 Å². The molecule has 0 saturated carbocycles. The number of rotatable bonds is 7. The Morgan fingerprint density at radius 2 is 1.93 bits per heavy atom. The van der Waals surface area contributed by atoms with Gasteiger partial charge in [-0.3, -0.25) is 9.59 Å². The lowest BCUT2D eigenvalue weighted by molar-refractivity contribution is -0.125. The zero-order chi connectivity index (χ0) is 19.1. The standard InChI is InChI=1S/C22H26N2O3/c1-17-9-10-20-19(16-17)24(14-15-27-20)22(26)12-11-21(25)23-13-5-8-18-6-3-2-4-7-18/h2-4,6-7,9-10,16H,5,8,11-15H2,1H3,(H,23,25). The van der Waals surface area contributed by atoms with Crippen molar-refractivity contribution in [3.8, 4) is 5.75 Å². The van der Waals surface area contributed by atoms with E-state index in [1.165, 1.54) is 5.56 Å². The Kier molecular flexibility index (Phi) is 6.47. The first-order valence-corrected chi connectivity index (χ1v) is 9.48. The summed E-state index contributed by atoms with van der Waals surface area (Å²) < 4.78 is 5.61. The van der Waals surface area contributed by atoms with Gasteiger partial charge in [0.25, 0.3) is 0 Å². The molecule has 0 fully saturated rings. The van der Waals surface area contributed by atoms with Crippen molar-refractivity contribution in [2.45, 2.75) is 32.6 Å². The molecule has 1 aliphatic rings. The molecule has 2 amide bonds. The second kappa shape index (κ2) is 9.21. The Bertz CT molecular complexity index is 789. The summed E-state index contributed by atoms with van der Waals surface area (Å²) >= 11 is 0. The molecule has 0 bridgehead atoms. The SMILES string of the molecule is Cc1ccc2c(c1)N(C(=O)CCC(=O)NCCCc1ccccc1)CCO2. The Hall–Kier alpha value is -2.82. The summed E-state index contributed by atoms with van der Waals surface area (Å²) in [7, 11) is 0. The van der Waals surface area contributed by atoms with Crippen molar-refractivity contribution in [1.29, 1.82) is 0 Å². The number of hydrogen-bond acceptors (Lipinski definition) is 3. The van der Waals surface area contributed by atoms with Crippen LogP contribution in [0.4, 0.5) is 5.69 Å². The molecule has 0 unspecified atom stereocenters. The first-order chi connectivity index (χ1) is 13.1. The van der Waals surface area contributed by atoms with Gasteiger partial charge in [0, 0.05) is 19.4 Å². The molecule has 3 rings (SSSR count). The number of aryl methyl sites for hydroxylation is 2. The van der Waals surface area contributed by atoms with Crippen molar-refractivity contribution in [2.75, 3.05) is 24.6 Å². The zero-order valence-corrected chi connectivity index (χ0v) is 15.7. The maximum absolute atomic E-state index is 12.6. The van der Waals surface area contributed by atoms with E-state index in [0.717, 1.165) is 29.8 Å². The third kappa shape index (κ3) is 5.33. The van der Waals surface area contributed by atoms with Gasteiger partial charge < -0.3 is 15.0 Å². The van der Waals surface area contributed by atoms with Crippen LogP contribution >= 0.6 is 0 Å². The number of ether oxygens (including phenoxy) is 1. The fourth-order valence-corrected chi connectivity index (χ4v) is 3.20. The van der Waals surface area contributed by atoms with Crippen LogP contribution in [0.5, 0.6) is 5.75 Å². The molecule has 0 atom stereocenters. The van der Waals surface area contributed by atoms with E-state index in [1.54, 1.807) is 4.90 Å². The molecule has 0 saturated heterocycles.